The van der Waals surface area contributed by atoms with Crippen LogP contribution in [0.1, 0.15) is 24.1 Å². The van der Waals surface area contributed by atoms with E-state index in [1.807, 2.05) is 43.3 Å². The Morgan fingerprint density at radius 3 is 2.55 bits per heavy atom. The average Bonchev–Trinajstić information content (AvgIpc) is 2.73. The van der Waals surface area contributed by atoms with Crippen molar-refractivity contribution in [2.45, 2.75) is 19.5 Å². The van der Waals surface area contributed by atoms with E-state index in [-0.39, 0.29) is 30.0 Å². The van der Waals surface area contributed by atoms with E-state index >= 15 is 0 Å². The molecule has 1 atom stereocenters. The Bertz CT molecular complexity index is 964. The minimum atomic E-state index is -0.861. The lowest BCUT2D eigenvalue weighted by molar-refractivity contribution is 0.504. The van der Waals surface area contributed by atoms with Gasteiger partial charge in [0.1, 0.15) is 0 Å². The van der Waals surface area contributed by atoms with Crippen LogP contribution in [0.3, 0.4) is 0 Å². The van der Waals surface area contributed by atoms with Crippen molar-refractivity contribution in [3.63, 3.8) is 0 Å². The number of aromatic nitrogens is 1. The molecule has 0 bridgehead atoms. The van der Waals surface area contributed by atoms with Gasteiger partial charge in [0.15, 0.2) is 17.6 Å². The first kappa shape index (κ1) is 22.7. The Balaban J connectivity index is 0.00000300. The van der Waals surface area contributed by atoms with Crippen LogP contribution in [0.4, 0.5) is 8.78 Å². The van der Waals surface area contributed by atoms with Gasteiger partial charge in [-0.2, -0.15) is 0 Å². The van der Waals surface area contributed by atoms with Crippen molar-refractivity contribution in [2.75, 3.05) is 7.05 Å². The number of pyridine rings is 1. The molecule has 29 heavy (non-hydrogen) atoms. The number of guanidine groups is 1. The summed E-state index contributed by atoms with van der Waals surface area (Å²) in [5.74, 6) is -1.15. The van der Waals surface area contributed by atoms with Crippen LogP contribution < -0.4 is 10.6 Å². The number of rotatable bonds is 5. The summed E-state index contributed by atoms with van der Waals surface area (Å²) in [7, 11) is 1.66. The second-order valence-corrected chi connectivity index (χ2v) is 6.38. The third-order valence-electron chi connectivity index (χ3n) is 4.37. The maximum absolute atomic E-state index is 13.5. The number of halogens is 3. The van der Waals surface area contributed by atoms with E-state index < -0.39 is 11.6 Å². The van der Waals surface area contributed by atoms with E-state index in [9.17, 15) is 8.78 Å². The molecule has 0 aliphatic carbocycles. The van der Waals surface area contributed by atoms with Gasteiger partial charge in [-0.25, -0.2) is 8.78 Å². The number of hydrogen-bond donors (Lipinski definition) is 2. The van der Waals surface area contributed by atoms with Gasteiger partial charge in [0.25, 0.3) is 0 Å². The largest absolute Gasteiger partial charge is 0.352 e. The Morgan fingerprint density at radius 1 is 1.03 bits per heavy atom. The zero-order valence-corrected chi connectivity index (χ0v) is 18.5. The molecule has 1 unspecified atom stereocenters. The predicted molar refractivity (Wildman–Crippen MR) is 123 cm³/mol. The molecular formula is C22H23F2IN4. The molecule has 0 spiro atoms. The molecule has 0 amide bonds. The average molecular weight is 508 g/mol. The number of benzene rings is 2. The highest BCUT2D eigenvalue weighted by molar-refractivity contribution is 14.0. The molecule has 3 aromatic rings. The molecular weight excluding hydrogens is 485 g/mol. The van der Waals surface area contributed by atoms with Gasteiger partial charge in [-0.3, -0.25) is 9.98 Å². The summed E-state index contributed by atoms with van der Waals surface area (Å²) in [4.78, 5) is 8.58. The van der Waals surface area contributed by atoms with Crippen LogP contribution >= 0.6 is 24.0 Å². The fraction of sp³-hybridized carbons (Fsp3) is 0.182. The smallest absolute Gasteiger partial charge is 0.191 e. The van der Waals surface area contributed by atoms with Gasteiger partial charge in [-0.05, 0) is 48.4 Å². The Morgan fingerprint density at radius 2 is 1.86 bits per heavy atom. The predicted octanol–water partition coefficient (Wildman–Crippen LogP) is 5.07. The molecule has 3 rings (SSSR count). The summed E-state index contributed by atoms with van der Waals surface area (Å²) >= 11 is 0. The Kier molecular flexibility index (Phi) is 8.50. The first-order valence-electron chi connectivity index (χ1n) is 8.99. The molecule has 2 aromatic carbocycles. The molecule has 0 aliphatic rings. The highest BCUT2D eigenvalue weighted by Gasteiger charge is 2.11. The highest BCUT2D eigenvalue weighted by Crippen LogP contribution is 2.18. The SMILES string of the molecule is CN=C(NCc1cccc(-c2ccccn2)c1)NC(C)c1ccc(F)c(F)c1.I. The molecule has 1 heterocycles. The van der Waals surface area contributed by atoms with Gasteiger partial charge in [0, 0.05) is 25.4 Å². The Hall–Kier alpha value is -2.55. The van der Waals surface area contributed by atoms with E-state index in [2.05, 4.69) is 26.7 Å². The van der Waals surface area contributed by atoms with Crippen molar-refractivity contribution in [1.29, 1.82) is 0 Å². The van der Waals surface area contributed by atoms with Crippen LogP contribution in [0, 0.1) is 11.6 Å². The topological polar surface area (TPSA) is 49.3 Å². The summed E-state index contributed by atoms with van der Waals surface area (Å²) in [5, 5.41) is 6.43. The maximum atomic E-state index is 13.5. The van der Waals surface area contributed by atoms with Gasteiger partial charge in [0.05, 0.1) is 11.7 Å². The zero-order chi connectivity index (χ0) is 19.9. The third kappa shape index (κ3) is 6.22. The molecule has 0 aliphatic heterocycles. The lowest BCUT2D eigenvalue weighted by Gasteiger charge is -2.18. The molecule has 1 aromatic heterocycles. The second-order valence-electron chi connectivity index (χ2n) is 6.38. The number of hydrogen-bond acceptors (Lipinski definition) is 2. The van der Waals surface area contributed by atoms with Crippen molar-refractivity contribution < 1.29 is 8.78 Å². The molecule has 0 saturated carbocycles. The van der Waals surface area contributed by atoms with Gasteiger partial charge >= 0.3 is 0 Å². The number of nitrogens with one attached hydrogen (secondary N) is 2. The van der Waals surface area contributed by atoms with E-state index in [0.29, 0.717) is 18.1 Å². The monoisotopic (exact) mass is 508 g/mol. The van der Waals surface area contributed by atoms with Gasteiger partial charge in [-0.15, -0.1) is 24.0 Å². The summed E-state index contributed by atoms with van der Waals surface area (Å²) < 4.78 is 26.6. The molecule has 2 N–H and O–H groups in total. The summed E-state index contributed by atoms with van der Waals surface area (Å²) in [6.45, 7) is 2.42. The standard InChI is InChI=1S/C22H22F2N4.HI/c1-15(17-9-10-19(23)20(24)13-17)28-22(25-2)27-14-16-6-5-7-18(12-16)21-8-3-4-11-26-21;/h3-13,15H,14H2,1-2H3,(H2,25,27,28);1H. The molecule has 0 fully saturated rings. The fourth-order valence-electron chi connectivity index (χ4n) is 2.82. The molecule has 4 nitrogen and oxygen atoms in total. The lowest BCUT2D eigenvalue weighted by Crippen LogP contribution is -2.38. The van der Waals surface area contributed by atoms with Crippen LogP contribution in [0.15, 0.2) is 71.9 Å². The summed E-state index contributed by atoms with van der Waals surface area (Å²) in [6.07, 6.45) is 1.77. The van der Waals surface area contributed by atoms with Crippen molar-refractivity contribution in [2.24, 2.45) is 4.99 Å². The van der Waals surface area contributed by atoms with E-state index in [4.69, 9.17) is 0 Å². The van der Waals surface area contributed by atoms with E-state index in [0.717, 1.165) is 22.9 Å². The van der Waals surface area contributed by atoms with Crippen molar-refractivity contribution in [3.05, 3.63) is 89.6 Å². The Labute approximate surface area is 186 Å². The molecule has 0 saturated heterocycles. The summed E-state index contributed by atoms with van der Waals surface area (Å²) in [6, 6.07) is 17.5. The minimum absolute atomic E-state index is 0. The molecule has 152 valence electrons. The normalized spacial score (nSPS) is 12.1. The molecule has 0 radical (unpaired) electrons. The minimum Gasteiger partial charge on any atom is -0.352 e. The molecule has 7 heteroatoms. The fourth-order valence-corrected chi connectivity index (χ4v) is 2.82. The van der Waals surface area contributed by atoms with Crippen LogP contribution in [-0.2, 0) is 6.54 Å². The maximum Gasteiger partial charge on any atom is 0.191 e. The van der Waals surface area contributed by atoms with Crippen LogP contribution in [0.25, 0.3) is 11.3 Å². The van der Waals surface area contributed by atoms with E-state index in [1.165, 1.54) is 6.07 Å². The van der Waals surface area contributed by atoms with Crippen molar-refractivity contribution >= 4 is 29.9 Å². The third-order valence-corrected chi connectivity index (χ3v) is 4.37. The van der Waals surface area contributed by atoms with Crippen LogP contribution in [0.2, 0.25) is 0 Å². The zero-order valence-electron chi connectivity index (χ0n) is 16.2. The highest BCUT2D eigenvalue weighted by atomic mass is 127. The quantitative estimate of drug-likeness (QED) is 0.288. The van der Waals surface area contributed by atoms with Gasteiger partial charge in [0.2, 0.25) is 0 Å². The lowest BCUT2D eigenvalue weighted by atomic mass is 10.1. The van der Waals surface area contributed by atoms with Crippen LogP contribution in [0.5, 0.6) is 0 Å². The van der Waals surface area contributed by atoms with Crippen molar-refractivity contribution in [1.82, 2.24) is 15.6 Å². The van der Waals surface area contributed by atoms with Gasteiger partial charge < -0.3 is 10.6 Å². The van der Waals surface area contributed by atoms with Gasteiger partial charge in [-0.1, -0.05) is 30.3 Å². The first-order chi connectivity index (χ1) is 13.6. The van der Waals surface area contributed by atoms with Crippen molar-refractivity contribution in [3.8, 4) is 11.3 Å². The second kappa shape index (κ2) is 10.8. The first-order valence-corrected chi connectivity index (χ1v) is 8.99. The van der Waals surface area contributed by atoms with Crippen LogP contribution in [-0.4, -0.2) is 18.0 Å². The number of aliphatic imine (C=N–C) groups is 1. The number of nitrogens with zero attached hydrogens (tertiary/aromatic N) is 2. The van der Waals surface area contributed by atoms with E-state index in [1.54, 1.807) is 19.3 Å². The summed E-state index contributed by atoms with van der Waals surface area (Å²) in [5.41, 5.74) is 3.67.